The fraction of sp³-hybridized carbons (Fsp3) is 0. The van der Waals surface area contributed by atoms with E-state index in [1.807, 2.05) is 59.9 Å². The molecule has 0 aliphatic rings. The maximum atomic E-state index is 6.22. The highest BCUT2D eigenvalue weighted by atomic mass is 32.1. The number of hydrogen-bond acceptors (Lipinski definition) is 6. The van der Waals surface area contributed by atoms with Gasteiger partial charge in [-0.05, 0) is 70.8 Å². The average molecular weight is 764 g/mol. The first-order valence-corrected chi connectivity index (χ1v) is 20.6. The second kappa shape index (κ2) is 12.8. The zero-order valence-electron chi connectivity index (χ0n) is 30.3. The molecule has 4 heterocycles. The van der Waals surface area contributed by atoms with Crippen LogP contribution in [0, 0.1) is 0 Å². The minimum atomic E-state index is 0.656. The van der Waals surface area contributed by atoms with Crippen molar-refractivity contribution in [2.45, 2.75) is 0 Å². The maximum Gasteiger partial charge on any atom is 0.165 e. The van der Waals surface area contributed by atoms with E-state index in [9.17, 15) is 0 Å². The Morgan fingerprint density at radius 2 is 0.947 bits per heavy atom. The van der Waals surface area contributed by atoms with Crippen LogP contribution in [0.2, 0.25) is 0 Å². The Kier molecular flexibility index (Phi) is 7.24. The minimum absolute atomic E-state index is 0.656. The molecular weight excluding hydrogens is 735 g/mol. The van der Waals surface area contributed by atoms with E-state index in [1.165, 1.54) is 52.3 Å². The van der Waals surface area contributed by atoms with Crippen molar-refractivity contribution in [3.8, 4) is 56.4 Å². The molecule has 0 radical (unpaired) electrons. The van der Waals surface area contributed by atoms with Crippen LogP contribution in [0.25, 0.3) is 119 Å². The molecule has 0 amide bonds. The highest BCUT2D eigenvalue weighted by molar-refractivity contribution is 7.26. The largest absolute Gasteiger partial charge is 0.456 e. The summed E-state index contributed by atoms with van der Waals surface area (Å²) in [7, 11) is 0. The van der Waals surface area contributed by atoms with E-state index in [1.54, 1.807) is 11.3 Å². The lowest BCUT2D eigenvalue weighted by Crippen LogP contribution is -2.00. The monoisotopic (exact) mass is 763 g/mol. The van der Waals surface area contributed by atoms with E-state index in [-0.39, 0.29) is 0 Å². The first-order chi connectivity index (χ1) is 28.2. The van der Waals surface area contributed by atoms with Gasteiger partial charge in [-0.1, -0.05) is 127 Å². The molecule has 8 aromatic carbocycles. The number of furan rings is 1. The smallest absolute Gasteiger partial charge is 0.165 e. The van der Waals surface area contributed by atoms with Gasteiger partial charge in [0.15, 0.2) is 17.5 Å². The van der Waals surface area contributed by atoms with E-state index < -0.39 is 0 Å². The average Bonchev–Trinajstić information content (AvgIpc) is 3.97. The molecule has 12 rings (SSSR count). The van der Waals surface area contributed by atoms with Crippen LogP contribution in [0.15, 0.2) is 180 Å². The van der Waals surface area contributed by atoms with Gasteiger partial charge < -0.3 is 4.42 Å². The fourth-order valence-electron chi connectivity index (χ4n) is 8.32. The normalized spacial score (nSPS) is 11.9. The zero-order valence-corrected chi connectivity index (χ0v) is 31.9. The summed E-state index contributed by atoms with van der Waals surface area (Å²) in [5.74, 6) is 1.98. The standard InChI is InChI=1S/C51H29N3OS2/c1-3-13-30(14-4-1)49-52-50(31-15-5-2-6-16-31)54-51(53-49)38-21-11-20-37-46-35(19-12-24-44(46)57-48(37)38)40-28-33(29-45-47(40)36-18-8-10-23-43(36)56-45)32-25-26-42-39(27-32)34-17-7-9-22-41(34)55-42/h1-29H. The van der Waals surface area contributed by atoms with Gasteiger partial charge in [-0.2, -0.15) is 0 Å². The fourth-order valence-corrected chi connectivity index (χ4v) is 10.7. The Balaban J connectivity index is 1.10. The van der Waals surface area contributed by atoms with Crippen molar-refractivity contribution in [1.29, 1.82) is 0 Å². The molecular formula is C51H29N3OS2. The van der Waals surface area contributed by atoms with Crippen LogP contribution in [0.1, 0.15) is 0 Å². The van der Waals surface area contributed by atoms with Crippen molar-refractivity contribution >= 4 is 85.0 Å². The topological polar surface area (TPSA) is 51.8 Å². The molecule has 4 aromatic heterocycles. The number of nitrogens with zero attached hydrogens (tertiary/aromatic N) is 3. The van der Waals surface area contributed by atoms with Crippen LogP contribution in [-0.2, 0) is 0 Å². The van der Waals surface area contributed by atoms with Crippen LogP contribution in [0.3, 0.4) is 0 Å². The van der Waals surface area contributed by atoms with Gasteiger partial charge in [-0.15, -0.1) is 22.7 Å². The summed E-state index contributed by atoms with van der Waals surface area (Å²) >= 11 is 3.66. The van der Waals surface area contributed by atoms with E-state index in [0.29, 0.717) is 17.5 Å². The van der Waals surface area contributed by atoms with Crippen LogP contribution in [0.5, 0.6) is 0 Å². The quantitative estimate of drug-likeness (QED) is 0.175. The lowest BCUT2D eigenvalue weighted by Gasteiger charge is -2.12. The molecule has 4 nitrogen and oxygen atoms in total. The SMILES string of the molecule is c1ccc(-c2nc(-c3ccccc3)nc(-c3cccc4c3sc3cccc(-c5cc(-c6ccc7oc8ccccc8c7c6)cc6sc7ccccc7c56)c34)n2)cc1. The molecule has 0 saturated heterocycles. The molecule has 0 atom stereocenters. The summed E-state index contributed by atoms with van der Waals surface area (Å²) in [5.41, 5.74) is 9.50. The molecule has 0 N–H and O–H groups in total. The predicted octanol–water partition coefficient (Wildman–Crippen LogP) is 14.8. The molecule has 0 aliphatic heterocycles. The molecule has 266 valence electrons. The number of benzene rings is 8. The lowest BCUT2D eigenvalue weighted by atomic mass is 9.91. The highest BCUT2D eigenvalue weighted by Gasteiger charge is 2.21. The Bertz CT molecular complexity index is 3470. The first kappa shape index (κ1) is 32.3. The number of aromatic nitrogens is 3. The van der Waals surface area contributed by atoms with Gasteiger partial charge in [0.1, 0.15) is 11.2 Å². The van der Waals surface area contributed by atoms with Gasteiger partial charge in [0, 0.05) is 67.8 Å². The highest BCUT2D eigenvalue weighted by Crippen LogP contribution is 2.48. The molecule has 0 fully saturated rings. The molecule has 57 heavy (non-hydrogen) atoms. The van der Waals surface area contributed by atoms with Gasteiger partial charge in [0.05, 0.1) is 0 Å². The second-order valence-electron chi connectivity index (χ2n) is 14.3. The Morgan fingerprint density at radius 3 is 1.75 bits per heavy atom. The summed E-state index contributed by atoms with van der Waals surface area (Å²) in [6.07, 6.45) is 0. The molecule has 0 unspecified atom stereocenters. The van der Waals surface area contributed by atoms with Crippen LogP contribution >= 0.6 is 22.7 Å². The van der Waals surface area contributed by atoms with Crippen molar-refractivity contribution in [2.75, 3.05) is 0 Å². The van der Waals surface area contributed by atoms with Gasteiger partial charge in [-0.25, -0.2) is 15.0 Å². The number of fused-ring (bicyclic) bond motifs is 9. The summed E-state index contributed by atoms with van der Waals surface area (Å²) in [6.45, 7) is 0. The van der Waals surface area contributed by atoms with E-state index in [4.69, 9.17) is 19.4 Å². The van der Waals surface area contributed by atoms with Crippen molar-refractivity contribution in [3.05, 3.63) is 176 Å². The number of thiophene rings is 2. The van der Waals surface area contributed by atoms with Crippen molar-refractivity contribution in [3.63, 3.8) is 0 Å². The molecule has 0 aliphatic carbocycles. The first-order valence-electron chi connectivity index (χ1n) is 18.9. The molecule has 0 saturated carbocycles. The van der Waals surface area contributed by atoms with Crippen molar-refractivity contribution in [1.82, 2.24) is 15.0 Å². The Hall–Kier alpha value is -6.99. The summed E-state index contributed by atoms with van der Waals surface area (Å²) in [5, 5.41) is 7.26. The van der Waals surface area contributed by atoms with Crippen molar-refractivity contribution in [2.24, 2.45) is 0 Å². The number of hydrogen-bond donors (Lipinski definition) is 0. The minimum Gasteiger partial charge on any atom is -0.456 e. The second-order valence-corrected chi connectivity index (χ2v) is 16.4. The predicted molar refractivity (Wildman–Crippen MR) is 240 cm³/mol. The van der Waals surface area contributed by atoms with Crippen molar-refractivity contribution < 1.29 is 4.42 Å². The number of para-hydroxylation sites is 1. The van der Waals surface area contributed by atoms with Gasteiger partial charge in [-0.3, -0.25) is 0 Å². The molecule has 6 heteroatoms. The third-order valence-corrected chi connectivity index (χ3v) is 13.3. The van der Waals surface area contributed by atoms with Gasteiger partial charge in [0.25, 0.3) is 0 Å². The van der Waals surface area contributed by atoms with E-state index >= 15 is 0 Å². The third kappa shape index (κ3) is 5.22. The molecule has 0 bridgehead atoms. The summed E-state index contributed by atoms with van der Waals surface area (Å²) in [4.78, 5) is 15.2. The van der Waals surface area contributed by atoms with E-state index in [0.717, 1.165) is 48.9 Å². The maximum absolute atomic E-state index is 6.22. The zero-order chi connectivity index (χ0) is 37.5. The van der Waals surface area contributed by atoms with Crippen LogP contribution in [-0.4, -0.2) is 15.0 Å². The molecule has 12 aromatic rings. The summed E-state index contributed by atoms with van der Waals surface area (Å²) < 4.78 is 11.1. The van der Waals surface area contributed by atoms with Crippen LogP contribution < -0.4 is 0 Å². The van der Waals surface area contributed by atoms with Gasteiger partial charge >= 0.3 is 0 Å². The lowest BCUT2D eigenvalue weighted by molar-refractivity contribution is 0.669. The number of rotatable bonds is 5. The third-order valence-electron chi connectivity index (χ3n) is 10.9. The Labute approximate surface area is 335 Å². The Morgan fingerprint density at radius 1 is 0.333 bits per heavy atom. The van der Waals surface area contributed by atoms with Gasteiger partial charge in [0.2, 0.25) is 0 Å². The van der Waals surface area contributed by atoms with E-state index in [2.05, 4.69) is 127 Å². The molecule has 0 spiro atoms. The summed E-state index contributed by atoms with van der Waals surface area (Å²) in [6, 6.07) is 62.1. The van der Waals surface area contributed by atoms with Crippen LogP contribution in [0.4, 0.5) is 0 Å².